The van der Waals surface area contributed by atoms with Gasteiger partial charge in [0.1, 0.15) is 0 Å². The molecule has 18 heavy (non-hydrogen) atoms. The Morgan fingerprint density at radius 1 is 1.33 bits per heavy atom. The molecule has 0 amide bonds. The summed E-state index contributed by atoms with van der Waals surface area (Å²) in [5.74, 6) is -0.0709. The molecule has 1 aromatic carbocycles. The third-order valence-corrected chi connectivity index (χ3v) is 3.60. The number of halogens is 3. The Hall–Kier alpha value is -1.03. The van der Waals surface area contributed by atoms with Crippen molar-refractivity contribution in [2.75, 3.05) is 6.54 Å². The van der Waals surface area contributed by atoms with Gasteiger partial charge in [0.15, 0.2) is 0 Å². The minimum atomic E-state index is -4.26. The molecule has 0 saturated carbocycles. The van der Waals surface area contributed by atoms with Gasteiger partial charge in [0.25, 0.3) is 0 Å². The van der Waals surface area contributed by atoms with Gasteiger partial charge in [-0.3, -0.25) is 0 Å². The van der Waals surface area contributed by atoms with Crippen LogP contribution in [0.2, 0.25) is 0 Å². The fraction of sp³-hybridized carbons (Fsp3) is 0.571. The first-order chi connectivity index (χ1) is 8.48. The summed E-state index contributed by atoms with van der Waals surface area (Å²) in [6.45, 7) is 2.86. The first kappa shape index (κ1) is 13.4. The molecule has 1 saturated heterocycles. The number of rotatable bonds is 3. The lowest BCUT2D eigenvalue weighted by atomic mass is 9.89. The zero-order valence-corrected chi connectivity index (χ0v) is 10.4. The molecule has 1 N–H and O–H groups in total. The van der Waals surface area contributed by atoms with Crippen molar-refractivity contribution in [1.82, 2.24) is 5.32 Å². The Balaban J connectivity index is 2.16. The number of nitrogens with one attached hydrogen (secondary N) is 1. The standard InChI is InChI=1S/C14H18F3N/c1-10(9-11-5-4-8-18-11)12-6-2-3-7-13(12)14(15,16)17/h2-3,6-7,10-11,18H,4-5,8-9H2,1H3. The van der Waals surface area contributed by atoms with Crippen molar-refractivity contribution in [2.45, 2.75) is 44.3 Å². The molecule has 0 aliphatic carbocycles. The summed E-state index contributed by atoms with van der Waals surface area (Å²) < 4.78 is 38.7. The minimum absolute atomic E-state index is 0.0709. The van der Waals surface area contributed by atoms with Crippen molar-refractivity contribution in [1.29, 1.82) is 0 Å². The average molecular weight is 257 g/mol. The van der Waals surface area contributed by atoms with Gasteiger partial charge >= 0.3 is 6.18 Å². The molecule has 1 aliphatic rings. The van der Waals surface area contributed by atoms with Crippen LogP contribution in [0, 0.1) is 0 Å². The first-order valence-corrected chi connectivity index (χ1v) is 6.38. The van der Waals surface area contributed by atoms with Crippen LogP contribution in [-0.2, 0) is 6.18 Å². The summed E-state index contributed by atoms with van der Waals surface area (Å²) in [5, 5.41) is 3.33. The second-order valence-corrected chi connectivity index (χ2v) is 5.02. The highest BCUT2D eigenvalue weighted by Gasteiger charge is 2.34. The van der Waals surface area contributed by atoms with Crippen LogP contribution >= 0.6 is 0 Å². The lowest BCUT2D eigenvalue weighted by Crippen LogP contribution is -2.23. The van der Waals surface area contributed by atoms with E-state index in [1.165, 1.54) is 12.1 Å². The fourth-order valence-electron chi connectivity index (χ4n) is 2.70. The van der Waals surface area contributed by atoms with Crippen LogP contribution < -0.4 is 5.32 Å². The Morgan fingerprint density at radius 3 is 2.67 bits per heavy atom. The highest BCUT2D eigenvalue weighted by Crippen LogP contribution is 2.36. The summed E-state index contributed by atoms with van der Waals surface area (Å²) in [6, 6.07) is 6.27. The summed E-state index contributed by atoms with van der Waals surface area (Å²) >= 11 is 0. The van der Waals surface area contributed by atoms with E-state index in [2.05, 4.69) is 5.32 Å². The molecule has 1 aromatic rings. The average Bonchev–Trinajstić information content (AvgIpc) is 2.80. The monoisotopic (exact) mass is 257 g/mol. The van der Waals surface area contributed by atoms with E-state index in [9.17, 15) is 13.2 Å². The predicted molar refractivity (Wildman–Crippen MR) is 65.5 cm³/mol. The van der Waals surface area contributed by atoms with E-state index < -0.39 is 11.7 Å². The maximum absolute atomic E-state index is 12.9. The molecule has 4 heteroatoms. The number of benzene rings is 1. The molecular formula is C14H18F3N. The predicted octanol–water partition coefficient (Wildman–Crippen LogP) is 3.95. The fourth-order valence-corrected chi connectivity index (χ4v) is 2.70. The highest BCUT2D eigenvalue weighted by molar-refractivity contribution is 5.32. The van der Waals surface area contributed by atoms with E-state index in [0.717, 1.165) is 25.8 Å². The first-order valence-electron chi connectivity index (χ1n) is 6.38. The largest absolute Gasteiger partial charge is 0.416 e. The van der Waals surface area contributed by atoms with Crippen molar-refractivity contribution >= 4 is 0 Å². The van der Waals surface area contributed by atoms with E-state index in [0.29, 0.717) is 11.6 Å². The van der Waals surface area contributed by atoms with Crippen molar-refractivity contribution in [3.63, 3.8) is 0 Å². The molecule has 100 valence electrons. The third kappa shape index (κ3) is 3.05. The number of alkyl halides is 3. The summed E-state index contributed by atoms with van der Waals surface area (Å²) in [5.41, 5.74) is -0.0748. The molecule has 1 fully saturated rings. The van der Waals surface area contributed by atoms with Crippen molar-refractivity contribution < 1.29 is 13.2 Å². The second kappa shape index (κ2) is 5.31. The summed E-state index contributed by atoms with van der Waals surface area (Å²) in [7, 11) is 0. The zero-order chi connectivity index (χ0) is 13.2. The molecule has 2 atom stereocenters. The zero-order valence-electron chi connectivity index (χ0n) is 10.4. The molecule has 0 bridgehead atoms. The van der Waals surface area contributed by atoms with Crippen molar-refractivity contribution in [3.8, 4) is 0 Å². The van der Waals surface area contributed by atoms with Gasteiger partial charge in [-0.25, -0.2) is 0 Å². The van der Waals surface area contributed by atoms with Gasteiger partial charge in [-0.1, -0.05) is 25.1 Å². The van der Waals surface area contributed by atoms with Gasteiger partial charge < -0.3 is 5.32 Å². The normalized spacial score (nSPS) is 22.1. The Bertz CT molecular complexity index is 394. The number of hydrogen-bond donors (Lipinski definition) is 1. The van der Waals surface area contributed by atoms with Crippen molar-refractivity contribution in [3.05, 3.63) is 35.4 Å². The van der Waals surface area contributed by atoms with Gasteiger partial charge in [0, 0.05) is 6.04 Å². The molecule has 1 heterocycles. The molecule has 2 rings (SSSR count). The van der Waals surface area contributed by atoms with E-state index >= 15 is 0 Å². The molecule has 0 radical (unpaired) electrons. The molecule has 1 nitrogen and oxygen atoms in total. The van der Waals surface area contributed by atoms with Crippen LogP contribution in [0.4, 0.5) is 13.2 Å². The maximum Gasteiger partial charge on any atom is 0.416 e. The lowest BCUT2D eigenvalue weighted by Gasteiger charge is -2.21. The summed E-state index contributed by atoms with van der Waals surface area (Å²) in [4.78, 5) is 0. The van der Waals surface area contributed by atoms with E-state index in [1.54, 1.807) is 12.1 Å². The molecule has 0 spiro atoms. The number of hydrogen-bond acceptors (Lipinski definition) is 1. The van der Waals surface area contributed by atoms with Crippen LogP contribution in [0.3, 0.4) is 0 Å². The smallest absolute Gasteiger partial charge is 0.314 e. The molecule has 1 aliphatic heterocycles. The van der Waals surface area contributed by atoms with Gasteiger partial charge in [-0.2, -0.15) is 13.2 Å². The quantitative estimate of drug-likeness (QED) is 0.864. The van der Waals surface area contributed by atoms with Crippen LogP contribution in [0.25, 0.3) is 0 Å². The molecule has 0 aromatic heterocycles. The molecule has 2 unspecified atom stereocenters. The Labute approximate surface area is 105 Å². The van der Waals surface area contributed by atoms with Crippen molar-refractivity contribution in [2.24, 2.45) is 0 Å². The maximum atomic E-state index is 12.9. The lowest BCUT2D eigenvalue weighted by molar-refractivity contribution is -0.138. The van der Waals surface area contributed by atoms with Gasteiger partial charge in [-0.15, -0.1) is 0 Å². The van der Waals surface area contributed by atoms with E-state index in [1.807, 2.05) is 6.92 Å². The third-order valence-electron chi connectivity index (χ3n) is 3.60. The van der Waals surface area contributed by atoms with E-state index in [-0.39, 0.29) is 5.92 Å². The van der Waals surface area contributed by atoms with Gasteiger partial charge in [0.05, 0.1) is 5.56 Å². The van der Waals surface area contributed by atoms with Gasteiger partial charge in [-0.05, 0) is 43.4 Å². The SMILES string of the molecule is CC(CC1CCCN1)c1ccccc1C(F)(F)F. The van der Waals surface area contributed by atoms with Crippen LogP contribution in [0.5, 0.6) is 0 Å². The Morgan fingerprint density at radius 2 is 2.06 bits per heavy atom. The van der Waals surface area contributed by atoms with Gasteiger partial charge in [0.2, 0.25) is 0 Å². The molecular weight excluding hydrogens is 239 g/mol. The van der Waals surface area contributed by atoms with E-state index in [4.69, 9.17) is 0 Å². The second-order valence-electron chi connectivity index (χ2n) is 5.02. The highest BCUT2D eigenvalue weighted by atomic mass is 19.4. The van der Waals surface area contributed by atoms with Crippen LogP contribution in [0.1, 0.15) is 43.2 Å². The summed E-state index contributed by atoms with van der Waals surface area (Å²) in [6.07, 6.45) is -1.29. The Kier molecular flexibility index (Phi) is 3.95. The minimum Gasteiger partial charge on any atom is -0.314 e. The topological polar surface area (TPSA) is 12.0 Å². The van der Waals surface area contributed by atoms with Crippen LogP contribution in [-0.4, -0.2) is 12.6 Å². The van der Waals surface area contributed by atoms with Crippen LogP contribution in [0.15, 0.2) is 24.3 Å².